The highest BCUT2D eigenvalue weighted by Crippen LogP contribution is 2.34. The first kappa shape index (κ1) is 15.1. The van der Waals surface area contributed by atoms with E-state index in [9.17, 15) is 0 Å². The Hall–Kier alpha value is -2.19. The monoisotopic (exact) mass is 354 g/mol. The summed E-state index contributed by atoms with van der Waals surface area (Å²) in [5.74, 6) is 1.29. The van der Waals surface area contributed by atoms with Crippen molar-refractivity contribution in [3.05, 3.63) is 29.0 Å². The van der Waals surface area contributed by atoms with Crippen LogP contribution in [0.15, 0.2) is 39.3 Å². The molecular formula is C17H20N7S+. The van der Waals surface area contributed by atoms with Gasteiger partial charge in [0.2, 0.25) is 6.20 Å². The van der Waals surface area contributed by atoms with Crippen LogP contribution in [0, 0.1) is 0 Å². The Morgan fingerprint density at radius 3 is 2.92 bits per heavy atom. The predicted molar refractivity (Wildman–Crippen MR) is 98.6 cm³/mol. The van der Waals surface area contributed by atoms with Crippen LogP contribution in [0.2, 0.25) is 0 Å². The van der Waals surface area contributed by atoms with E-state index in [0.29, 0.717) is 11.9 Å². The van der Waals surface area contributed by atoms with Crippen molar-refractivity contribution in [2.45, 2.75) is 38.8 Å². The van der Waals surface area contributed by atoms with Gasteiger partial charge in [-0.3, -0.25) is 0 Å². The normalized spacial score (nSPS) is 24.0. The number of aromatic nitrogens is 2. The molecule has 0 saturated carbocycles. The van der Waals surface area contributed by atoms with Crippen molar-refractivity contribution in [2.75, 3.05) is 13.1 Å². The smallest absolute Gasteiger partial charge is 0.317 e. The van der Waals surface area contributed by atoms with E-state index in [1.807, 2.05) is 30.9 Å². The molecule has 0 amide bonds. The van der Waals surface area contributed by atoms with E-state index in [2.05, 4.69) is 26.5 Å². The van der Waals surface area contributed by atoms with E-state index in [1.54, 1.807) is 16.0 Å². The van der Waals surface area contributed by atoms with Crippen LogP contribution < -0.4 is 5.32 Å². The molecule has 128 valence electrons. The predicted octanol–water partition coefficient (Wildman–Crippen LogP) is 2.91. The number of hydrogen-bond donors (Lipinski definition) is 1. The third-order valence-corrected chi connectivity index (χ3v) is 6.10. The standard InChI is InChI=1S/C17H20N7S/c1-10-8-23-15(11(2)19-10)20-17(22-23)24-9-13-7-14(25-16(13)21-24)12-3-5-18-6-4-12/h7-9,12,15,18H,3-6H2,1-2H3/q+1. The van der Waals surface area contributed by atoms with E-state index in [-0.39, 0.29) is 6.17 Å². The summed E-state index contributed by atoms with van der Waals surface area (Å²) < 4.78 is 3.66. The maximum absolute atomic E-state index is 4.72. The Bertz CT molecular complexity index is 937. The molecule has 2 aromatic rings. The highest BCUT2D eigenvalue weighted by molar-refractivity contribution is 7.18. The van der Waals surface area contributed by atoms with Crippen molar-refractivity contribution < 1.29 is 4.70 Å². The number of fused-ring (bicyclic) bond motifs is 2. The number of nitrogens with one attached hydrogen (secondary N) is 1. The number of piperidine rings is 1. The second-order valence-corrected chi connectivity index (χ2v) is 7.88. The topological polar surface area (TPSA) is 69.9 Å². The number of hydrogen-bond acceptors (Lipinski definition) is 6. The molecule has 0 radical (unpaired) electrons. The third-order valence-electron chi connectivity index (χ3n) is 4.90. The quantitative estimate of drug-likeness (QED) is 0.800. The lowest BCUT2D eigenvalue weighted by molar-refractivity contribution is -0.537. The molecule has 0 aliphatic carbocycles. The first-order valence-electron chi connectivity index (χ1n) is 8.69. The summed E-state index contributed by atoms with van der Waals surface area (Å²) in [6, 6.07) is 2.29. The summed E-state index contributed by atoms with van der Waals surface area (Å²) in [4.78, 5) is 11.7. The van der Waals surface area contributed by atoms with Crippen LogP contribution in [0.1, 0.15) is 37.5 Å². The van der Waals surface area contributed by atoms with Crippen molar-refractivity contribution in [1.82, 2.24) is 15.1 Å². The number of rotatable bonds is 1. The lowest BCUT2D eigenvalue weighted by atomic mass is 9.96. The van der Waals surface area contributed by atoms with Gasteiger partial charge in [0.05, 0.1) is 0 Å². The number of nitrogens with zero attached hydrogens (tertiary/aromatic N) is 6. The summed E-state index contributed by atoms with van der Waals surface area (Å²) in [7, 11) is 0. The number of thiophene rings is 1. The summed E-state index contributed by atoms with van der Waals surface area (Å²) in [5, 5.41) is 13.9. The van der Waals surface area contributed by atoms with Crippen molar-refractivity contribution in [2.24, 2.45) is 15.1 Å². The van der Waals surface area contributed by atoms with Gasteiger partial charge in [0, 0.05) is 21.6 Å². The molecule has 2 aromatic heterocycles. The molecule has 1 N–H and O–H groups in total. The van der Waals surface area contributed by atoms with Gasteiger partial charge in [-0.2, -0.15) is 14.8 Å². The van der Waals surface area contributed by atoms with Crippen LogP contribution in [0.3, 0.4) is 0 Å². The highest BCUT2D eigenvalue weighted by Gasteiger charge is 2.35. The second kappa shape index (κ2) is 5.67. The van der Waals surface area contributed by atoms with Crippen LogP contribution in [0.4, 0.5) is 0 Å². The zero-order chi connectivity index (χ0) is 17.0. The molecule has 5 rings (SSSR count). The molecule has 1 atom stereocenters. The molecule has 0 aromatic carbocycles. The molecule has 1 saturated heterocycles. The van der Waals surface area contributed by atoms with E-state index in [0.717, 1.165) is 29.3 Å². The average molecular weight is 354 g/mol. The fourth-order valence-corrected chi connectivity index (χ4v) is 4.82. The molecule has 7 nitrogen and oxygen atoms in total. The molecular weight excluding hydrogens is 334 g/mol. The Kier molecular flexibility index (Phi) is 3.42. The van der Waals surface area contributed by atoms with Gasteiger partial charge in [-0.15, -0.1) is 11.3 Å². The molecule has 1 fully saturated rings. The minimum atomic E-state index is -0.133. The average Bonchev–Trinajstić information content (AvgIpc) is 3.27. The maximum atomic E-state index is 4.72. The van der Waals surface area contributed by atoms with Crippen LogP contribution >= 0.6 is 11.3 Å². The van der Waals surface area contributed by atoms with E-state index >= 15 is 0 Å². The Morgan fingerprint density at radius 1 is 1.28 bits per heavy atom. The van der Waals surface area contributed by atoms with Gasteiger partial charge in [0.25, 0.3) is 0 Å². The minimum absolute atomic E-state index is 0.133. The minimum Gasteiger partial charge on any atom is -0.317 e. The second-order valence-electron chi connectivity index (χ2n) is 6.81. The maximum Gasteiger partial charge on any atom is 0.318 e. The van der Waals surface area contributed by atoms with Crippen molar-refractivity contribution >= 4 is 33.2 Å². The SMILES string of the molecule is CC1=C[N+]2=NC(n3cc4cc(C5CCNCC5)sc4n3)=NC2C(C)=N1. The van der Waals surface area contributed by atoms with Gasteiger partial charge in [-0.25, -0.2) is 4.99 Å². The highest BCUT2D eigenvalue weighted by atomic mass is 32.1. The summed E-state index contributed by atoms with van der Waals surface area (Å²) in [5.41, 5.74) is 1.91. The largest absolute Gasteiger partial charge is 0.318 e. The fraction of sp³-hybridized carbons (Fsp3) is 0.471. The van der Waals surface area contributed by atoms with Crippen LogP contribution in [-0.2, 0) is 0 Å². The summed E-state index contributed by atoms with van der Waals surface area (Å²) in [6.45, 7) is 6.18. The third kappa shape index (κ3) is 2.56. The summed E-state index contributed by atoms with van der Waals surface area (Å²) >= 11 is 1.80. The van der Waals surface area contributed by atoms with E-state index in [1.165, 1.54) is 23.1 Å². The van der Waals surface area contributed by atoms with Gasteiger partial charge >= 0.3 is 12.1 Å². The molecule has 25 heavy (non-hydrogen) atoms. The Balaban J connectivity index is 1.46. The number of aliphatic imine (C=N–C) groups is 2. The molecule has 0 spiro atoms. The van der Waals surface area contributed by atoms with Crippen LogP contribution in [0.25, 0.3) is 10.2 Å². The Morgan fingerprint density at radius 2 is 2.12 bits per heavy atom. The van der Waals surface area contributed by atoms with Gasteiger partial charge in [0.1, 0.15) is 16.2 Å². The lowest BCUT2D eigenvalue weighted by Crippen LogP contribution is -2.26. The molecule has 0 bridgehead atoms. The number of allylic oxidation sites excluding steroid dienone is 1. The molecule has 1 unspecified atom stereocenters. The van der Waals surface area contributed by atoms with E-state index in [4.69, 9.17) is 5.10 Å². The molecule has 3 aliphatic heterocycles. The van der Waals surface area contributed by atoms with Crippen molar-refractivity contribution in [1.29, 1.82) is 0 Å². The zero-order valence-electron chi connectivity index (χ0n) is 14.3. The summed E-state index contributed by atoms with van der Waals surface area (Å²) in [6.07, 6.45) is 6.26. The first-order chi connectivity index (χ1) is 12.2. The van der Waals surface area contributed by atoms with Gasteiger partial charge in [-0.05, 0) is 51.8 Å². The van der Waals surface area contributed by atoms with Gasteiger partial charge in [0.15, 0.2) is 0 Å². The zero-order valence-corrected chi connectivity index (χ0v) is 15.1. The van der Waals surface area contributed by atoms with Crippen molar-refractivity contribution in [3.8, 4) is 0 Å². The molecule has 5 heterocycles. The van der Waals surface area contributed by atoms with Crippen LogP contribution in [-0.4, -0.2) is 45.4 Å². The fourth-order valence-electron chi connectivity index (χ4n) is 3.65. The van der Waals surface area contributed by atoms with Crippen molar-refractivity contribution in [3.63, 3.8) is 0 Å². The molecule has 3 aliphatic rings. The van der Waals surface area contributed by atoms with E-state index < -0.39 is 0 Å². The Labute approximate surface area is 149 Å². The first-order valence-corrected chi connectivity index (χ1v) is 9.50. The van der Waals surface area contributed by atoms with Gasteiger partial charge < -0.3 is 5.32 Å². The van der Waals surface area contributed by atoms with Gasteiger partial charge in [-0.1, -0.05) is 4.70 Å². The van der Waals surface area contributed by atoms with Crippen LogP contribution in [0.5, 0.6) is 0 Å². The number of azo groups is 2. The lowest BCUT2D eigenvalue weighted by Gasteiger charge is -2.21. The molecule has 8 heteroatoms.